The molecular formula is C13H16N4O5S2. The van der Waals surface area contributed by atoms with Crippen LogP contribution in [0.3, 0.4) is 0 Å². The topological polar surface area (TPSA) is 142 Å². The third-order valence-electron chi connectivity index (χ3n) is 4.20. The molecule has 11 heteroatoms. The van der Waals surface area contributed by atoms with Gasteiger partial charge in [-0.05, 0) is 5.57 Å². The number of hydrogen-bond donors (Lipinski definition) is 4. The average Bonchev–Trinajstić information content (AvgIpc) is 2.55. The van der Waals surface area contributed by atoms with E-state index in [1.54, 1.807) is 7.05 Å². The molecule has 24 heavy (non-hydrogen) atoms. The number of thioether (sulfide) groups is 2. The SMILES string of the molecule is CN1NC(=O)C(=O)N[C@@H]1SCC1=C(C(=O)O)[C@@H]2C(=O)[C@@H](N)[C@H]2SC1. The van der Waals surface area contributed by atoms with Gasteiger partial charge in [-0.15, -0.1) is 11.8 Å². The number of carbonyl (C=O) groups is 4. The van der Waals surface area contributed by atoms with Gasteiger partial charge in [0.2, 0.25) is 0 Å². The summed E-state index contributed by atoms with van der Waals surface area (Å²) in [5.74, 6) is -2.66. The highest BCUT2D eigenvalue weighted by atomic mass is 32.2. The van der Waals surface area contributed by atoms with Crippen LogP contribution in [0.4, 0.5) is 0 Å². The molecule has 2 amide bonds. The highest BCUT2D eigenvalue weighted by molar-refractivity contribution is 8.01. The van der Waals surface area contributed by atoms with Crippen LogP contribution in [0.5, 0.6) is 0 Å². The summed E-state index contributed by atoms with van der Waals surface area (Å²) in [4.78, 5) is 46.2. The van der Waals surface area contributed by atoms with Gasteiger partial charge in [-0.2, -0.15) is 16.8 Å². The van der Waals surface area contributed by atoms with Crippen molar-refractivity contribution in [3.63, 3.8) is 0 Å². The molecule has 130 valence electrons. The molecule has 5 N–H and O–H groups in total. The van der Waals surface area contributed by atoms with Crippen LogP contribution in [-0.2, 0) is 19.2 Å². The number of fused-ring (bicyclic) bond motifs is 1. The van der Waals surface area contributed by atoms with Crippen molar-refractivity contribution in [2.45, 2.75) is 16.8 Å². The number of nitrogens with zero attached hydrogens (tertiary/aromatic N) is 1. The molecule has 2 aliphatic heterocycles. The normalized spacial score (nSPS) is 33.5. The Labute approximate surface area is 145 Å². The van der Waals surface area contributed by atoms with Gasteiger partial charge in [0.25, 0.3) is 0 Å². The number of hydrazine groups is 1. The van der Waals surface area contributed by atoms with E-state index in [0.29, 0.717) is 17.1 Å². The molecule has 1 saturated carbocycles. The minimum Gasteiger partial charge on any atom is -0.478 e. The molecule has 3 aliphatic rings. The van der Waals surface area contributed by atoms with Crippen LogP contribution < -0.4 is 16.5 Å². The van der Waals surface area contributed by atoms with E-state index >= 15 is 0 Å². The predicted molar refractivity (Wildman–Crippen MR) is 87.7 cm³/mol. The monoisotopic (exact) mass is 372 g/mol. The van der Waals surface area contributed by atoms with E-state index in [-0.39, 0.29) is 16.6 Å². The molecule has 2 heterocycles. The maximum absolute atomic E-state index is 11.9. The first kappa shape index (κ1) is 17.3. The number of hydrogen-bond acceptors (Lipinski definition) is 8. The van der Waals surface area contributed by atoms with Crippen molar-refractivity contribution >= 4 is 47.1 Å². The first-order valence-electron chi connectivity index (χ1n) is 7.13. The van der Waals surface area contributed by atoms with Gasteiger partial charge < -0.3 is 16.2 Å². The van der Waals surface area contributed by atoms with Crippen molar-refractivity contribution in [2.75, 3.05) is 18.6 Å². The molecule has 0 bridgehead atoms. The van der Waals surface area contributed by atoms with E-state index in [0.717, 1.165) is 0 Å². The molecule has 0 aromatic rings. The van der Waals surface area contributed by atoms with Crippen LogP contribution in [-0.4, -0.2) is 69.0 Å². The van der Waals surface area contributed by atoms with E-state index in [1.807, 2.05) is 0 Å². The summed E-state index contributed by atoms with van der Waals surface area (Å²) < 4.78 is 0. The minimum absolute atomic E-state index is 0.131. The van der Waals surface area contributed by atoms with Crippen molar-refractivity contribution in [1.29, 1.82) is 0 Å². The fourth-order valence-corrected chi connectivity index (χ4v) is 5.57. The molecule has 4 atom stereocenters. The maximum Gasteiger partial charge on any atom is 0.332 e. The van der Waals surface area contributed by atoms with Crippen LogP contribution in [0.15, 0.2) is 11.1 Å². The van der Waals surface area contributed by atoms with Gasteiger partial charge in [0.15, 0.2) is 5.78 Å². The van der Waals surface area contributed by atoms with Crippen molar-refractivity contribution in [1.82, 2.24) is 15.8 Å². The van der Waals surface area contributed by atoms with Gasteiger partial charge >= 0.3 is 17.8 Å². The molecule has 0 aromatic carbocycles. The van der Waals surface area contributed by atoms with E-state index in [9.17, 15) is 24.3 Å². The number of amides is 2. The minimum atomic E-state index is -1.10. The van der Waals surface area contributed by atoms with Crippen molar-refractivity contribution < 1.29 is 24.3 Å². The Kier molecular flexibility index (Phi) is 4.60. The molecular weight excluding hydrogens is 356 g/mol. The second kappa shape index (κ2) is 6.39. The molecule has 1 aliphatic carbocycles. The predicted octanol–water partition coefficient (Wildman–Crippen LogP) is -1.88. The zero-order chi connectivity index (χ0) is 17.6. The third kappa shape index (κ3) is 2.81. The second-order valence-electron chi connectivity index (χ2n) is 5.69. The maximum atomic E-state index is 11.9. The number of carboxylic acid groups (broad SMARTS) is 1. The van der Waals surface area contributed by atoms with Gasteiger partial charge in [0.1, 0.15) is 5.50 Å². The van der Waals surface area contributed by atoms with Gasteiger partial charge in [0, 0.05) is 29.4 Å². The first-order valence-corrected chi connectivity index (χ1v) is 9.23. The number of nitrogens with two attached hydrogens (primary N) is 1. The molecule has 3 rings (SSSR count). The summed E-state index contributed by atoms with van der Waals surface area (Å²) in [5, 5.41) is 13.3. The number of rotatable bonds is 4. The van der Waals surface area contributed by atoms with Gasteiger partial charge in [-0.3, -0.25) is 19.8 Å². The van der Waals surface area contributed by atoms with Crippen LogP contribution >= 0.6 is 23.5 Å². The Hall–Kier alpha value is -1.56. The molecule has 9 nitrogen and oxygen atoms in total. The number of carboxylic acids is 1. The Morgan fingerprint density at radius 1 is 1.42 bits per heavy atom. The van der Waals surface area contributed by atoms with Crippen molar-refractivity contribution in [3.05, 3.63) is 11.1 Å². The van der Waals surface area contributed by atoms with Gasteiger partial charge in [-0.1, -0.05) is 0 Å². The standard InChI is InChI=1S/C13H16N4O5S2/c1-17-13(15-10(19)11(20)16-17)24-3-4-2-23-9-6(5(4)12(21)22)8(18)7(9)14/h6-7,9,13H,2-3,14H2,1H3,(H,15,19)(H,16,20)(H,21,22)/t6-,7-,9+,13+/m1/s1. The fraction of sp³-hybridized carbons (Fsp3) is 0.538. The zero-order valence-corrected chi connectivity index (χ0v) is 14.3. The Balaban J connectivity index is 1.73. The smallest absolute Gasteiger partial charge is 0.332 e. The molecule has 1 saturated heterocycles. The van der Waals surface area contributed by atoms with Gasteiger partial charge in [-0.25, -0.2) is 4.79 Å². The summed E-state index contributed by atoms with van der Waals surface area (Å²) in [7, 11) is 1.60. The van der Waals surface area contributed by atoms with E-state index in [1.165, 1.54) is 28.5 Å². The van der Waals surface area contributed by atoms with Crippen LogP contribution in [0.1, 0.15) is 0 Å². The number of carbonyl (C=O) groups excluding carboxylic acids is 3. The van der Waals surface area contributed by atoms with E-state index < -0.39 is 35.2 Å². The highest BCUT2D eigenvalue weighted by Crippen LogP contribution is 2.45. The molecule has 0 spiro atoms. The third-order valence-corrected chi connectivity index (χ3v) is 6.93. The summed E-state index contributed by atoms with van der Waals surface area (Å²) in [6.07, 6.45) is 0. The average molecular weight is 372 g/mol. The lowest BCUT2D eigenvalue weighted by atomic mass is 9.72. The van der Waals surface area contributed by atoms with Crippen LogP contribution in [0.2, 0.25) is 0 Å². The fourth-order valence-electron chi connectivity index (χ4n) is 2.90. The first-order chi connectivity index (χ1) is 11.3. The quantitative estimate of drug-likeness (QED) is 0.417. The number of Topliss-reactive ketones (excluding diaryl/α,β-unsaturated/α-hetero) is 1. The number of ketones is 1. The zero-order valence-electron chi connectivity index (χ0n) is 12.6. The molecule has 0 aromatic heterocycles. The van der Waals surface area contributed by atoms with Crippen molar-refractivity contribution in [2.24, 2.45) is 11.7 Å². The molecule has 0 unspecified atom stereocenters. The van der Waals surface area contributed by atoms with E-state index in [4.69, 9.17) is 5.73 Å². The summed E-state index contributed by atoms with van der Waals surface area (Å²) >= 11 is 2.76. The Morgan fingerprint density at radius 2 is 2.12 bits per heavy atom. The largest absolute Gasteiger partial charge is 0.478 e. The lowest BCUT2D eigenvalue weighted by molar-refractivity contribution is -0.146. The number of aliphatic carboxylic acids is 1. The Bertz CT molecular complexity index is 667. The van der Waals surface area contributed by atoms with Crippen LogP contribution in [0, 0.1) is 5.92 Å². The molecule has 2 fully saturated rings. The lowest BCUT2D eigenvalue weighted by Crippen LogP contribution is -2.63. The molecule has 0 radical (unpaired) electrons. The number of nitrogens with one attached hydrogen (secondary N) is 2. The Morgan fingerprint density at radius 3 is 2.79 bits per heavy atom. The summed E-state index contributed by atoms with van der Waals surface area (Å²) in [6, 6.07) is -0.595. The van der Waals surface area contributed by atoms with E-state index in [2.05, 4.69) is 10.7 Å². The highest BCUT2D eigenvalue weighted by Gasteiger charge is 2.54. The summed E-state index contributed by atoms with van der Waals surface area (Å²) in [5.41, 5.74) is 8.40. The van der Waals surface area contributed by atoms with Crippen LogP contribution in [0.25, 0.3) is 0 Å². The summed E-state index contributed by atoms with van der Waals surface area (Å²) in [6.45, 7) is 0. The second-order valence-corrected chi connectivity index (χ2v) is 7.93. The van der Waals surface area contributed by atoms with Crippen molar-refractivity contribution in [3.8, 4) is 0 Å². The van der Waals surface area contributed by atoms with Gasteiger partial charge in [0.05, 0.1) is 12.0 Å². The lowest BCUT2D eigenvalue weighted by Gasteiger charge is -2.44.